The number of furan rings is 1. The number of hydrogen-bond donors (Lipinski definition) is 1. The van der Waals surface area contributed by atoms with Crippen molar-refractivity contribution < 1.29 is 13.7 Å². The Bertz CT molecular complexity index is 754. The molecule has 8 heteroatoms. The third-order valence-electron chi connectivity index (χ3n) is 2.61. The molecule has 0 fully saturated rings. The van der Waals surface area contributed by atoms with Crippen LogP contribution in [0.3, 0.4) is 0 Å². The molecule has 3 rings (SSSR count). The second-order valence-corrected chi connectivity index (χ2v) is 4.38. The van der Waals surface area contributed by atoms with Crippen molar-refractivity contribution in [3.8, 4) is 11.7 Å². The average molecular weight is 305 g/mol. The Labute approximate surface area is 123 Å². The molecule has 106 valence electrons. The average Bonchev–Trinajstić information content (AvgIpc) is 3.16. The monoisotopic (exact) mass is 304 g/mol. The molecule has 0 saturated heterocycles. The summed E-state index contributed by atoms with van der Waals surface area (Å²) in [5.74, 6) is 0.686. The molecule has 3 heterocycles. The summed E-state index contributed by atoms with van der Waals surface area (Å²) in [6.07, 6.45) is 3.01. The van der Waals surface area contributed by atoms with E-state index in [2.05, 4.69) is 20.4 Å². The van der Waals surface area contributed by atoms with Gasteiger partial charge in [-0.1, -0.05) is 16.8 Å². The number of nitrogens with one attached hydrogen (secondary N) is 1. The van der Waals surface area contributed by atoms with E-state index >= 15 is 0 Å². The van der Waals surface area contributed by atoms with Gasteiger partial charge in [0.2, 0.25) is 0 Å². The molecule has 0 atom stereocenters. The molecule has 7 nitrogen and oxygen atoms in total. The maximum atomic E-state index is 11.9. The second-order valence-electron chi connectivity index (χ2n) is 4.02. The highest BCUT2D eigenvalue weighted by atomic mass is 35.5. The van der Waals surface area contributed by atoms with Crippen molar-refractivity contribution in [1.82, 2.24) is 20.4 Å². The Kier molecular flexibility index (Phi) is 3.65. The van der Waals surface area contributed by atoms with Gasteiger partial charge in [0.15, 0.2) is 11.6 Å². The van der Waals surface area contributed by atoms with E-state index < -0.39 is 0 Å². The number of rotatable bonds is 4. The Morgan fingerprint density at radius 2 is 2.24 bits per heavy atom. The van der Waals surface area contributed by atoms with E-state index in [4.69, 9.17) is 20.5 Å². The normalized spacial score (nSPS) is 10.5. The smallest absolute Gasteiger partial charge is 0.293 e. The first-order chi connectivity index (χ1) is 10.2. The van der Waals surface area contributed by atoms with Gasteiger partial charge in [-0.15, -0.1) is 0 Å². The van der Waals surface area contributed by atoms with Crippen LogP contribution < -0.4 is 5.32 Å². The lowest BCUT2D eigenvalue weighted by Gasteiger charge is -2.03. The predicted molar refractivity (Wildman–Crippen MR) is 72.4 cm³/mol. The Morgan fingerprint density at radius 3 is 3.00 bits per heavy atom. The van der Waals surface area contributed by atoms with Crippen LogP contribution in [0.1, 0.15) is 16.2 Å². The van der Waals surface area contributed by atoms with Crippen LogP contribution in [0.4, 0.5) is 0 Å². The van der Waals surface area contributed by atoms with Gasteiger partial charge in [-0.05, 0) is 24.3 Å². The largest absolute Gasteiger partial charge is 0.459 e. The first-order valence-corrected chi connectivity index (χ1v) is 6.37. The van der Waals surface area contributed by atoms with Crippen molar-refractivity contribution in [3.63, 3.8) is 0 Å². The first kappa shape index (κ1) is 13.3. The first-order valence-electron chi connectivity index (χ1n) is 5.99. The van der Waals surface area contributed by atoms with E-state index in [1.54, 1.807) is 24.3 Å². The molecule has 3 aromatic rings. The van der Waals surface area contributed by atoms with Crippen LogP contribution in [0.15, 0.2) is 45.7 Å². The maximum absolute atomic E-state index is 11.9. The number of pyridine rings is 1. The zero-order valence-corrected chi connectivity index (χ0v) is 11.4. The number of carbonyl (C=O) groups is 1. The van der Waals surface area contributed by atoms with Gasteiger partial charge in [0.05, 0.1) is 18.4 Å². The van der Waals surface area contributed by atoms with Crippen LogP contribution in [-0.2, 0) is 6.54 Å². The number of carbonyl (C=O) groups excluding carboxylic acids is 1. The number of hydrogen-bond acceptors (Lipinski definition) is 6. The number of amides is 1. The number of nitrogens with zero attached hydrogens (tertiary/aromatic N) is 3. The molecule has 3 aromatic heterocycles. The van der Waals surface area contributed by atoms with Gasteiger partial charge >= 0.3 is 0 Å². The molecule has 0 aliphatic rings. The highest BCUT2D eigenvalue weighted by Gasteiger charge is 2.14. The van der Waals surface area contributed by atoms with E-state index in [9.17, 15) is 4.79 Å². The van der Waals surface area contributed by atoms with Gasteiger partial charge in [0.1, 0.15) is 5.15 Å². The third-order valence-corrected chi connectivity index (χ3v) is 2.91. The molecule has 0 bridgehead atoms. The van der Waals surface area contributed by atoms with Crippen LogP contribution in [0.5, 0.6) is 0 Å². The lowest BCUT2D eigenvalue weighted by Crippen LogP contribution is -2.23. The summed E-state index contributed by atoms with van der Waals surface area (Å²) in [6, 6.07) is 6.62. The Hall–Kier alpha value is -2.67. The van der Waals surface area contributed by atoms with E-state index in [1.807, 2.05) is 0 Å². The van der Waals surface area contributed by atoms with Crippen LogP contribution in [0, 0.1) is 0 Å². The van der Waals surface area contributed by atoms with Crippen molar-refractivity contribution in [2.75, 3.05) is 0 Å². The zero-order valence-electron chi connectivity index (χ0n) is 10.6. The van der Waals surface area contributed by atoms with Gasteiger partial charge < -0.3 is 14.3 Å². The summed E-state index contributed by atoms with van der Waals surface area (Å²) in [4.78, 5) is 19.9. The fraction of sp³-hybridized carbons (Fsp3) is 0.0769. The fourth-order valence-electron chi connectivity index (χ4n) is 1.64. The molecular formula is C13H9ClN4O3. The molecule has 21 heavy (non-hydrogen) atoms. The molecule has 0 radical (unpaired) electrons. The van der Waals surface area contributed by atoms with Crippen molar-refractivity contribution in [1.29, 1.82) is 0 Å². The lowest BCUT2D eigenvalue weighted by atomic mass is 10.2. The van der Waals surface area contributed by atoms with Gasteiger partial charge in [0.25, 0.3) is 11.8 Å². The highest BCUT2D eigenvalue weighted by molar-refractivity contribution is 6.32. The molecule has 0 aromatic carbocycles. The van der Waals surface area contributed by atoms with Crippen molar-refractivity contribution in [2.45, 2.75) is 6.54 Å². The van der Waals surface area contributed by atoms with E-state index in [0.717, 1.165) is 0 Å². The van der Waals surface area contributed by atoms with Crippen LogP contribution in [0.2, 0.25) is 5.15 Å². The number of aromatic nitrogens is 3. The van der Waals surface area contributed by atoms with Gasteiger partial charge in [-0.25, -0.2) is 4.98 Å². The Morgan fingerprint density at radius 1 is 1.33 bits per heavy atom. The quantitative estimate of drug-likeness (QED) is 0.743. The zero-order chi connectivity index (χ0) is 14.7. The summed E-state index contributed by atoms with van der Waals surface area (Å²) < 4.78 is 10.2. The SMILES string of the molecule is O=C(NCc1noc(-c2ccco2)n1)c1cccnc1Cl. The van der Waals surface area contributed by atoms with Crippen LogP contribution in [0.25, 0.3) is 11.7 Å². The summed E-state index contributed by atoms with van der Waals surface area (Å²) in [6.45, 7) is 0.105. The summed E-state index contributed by atoms with van der Waals surface area (Å²) in [5, 5.41) is 6.52. The molecule has 1 amide bonds. The molecule has 0 spiro atoms. The van der Waals surface area contributed by atoms with Crippen molar-refractivity contribution >= 4 is 17.5 Å². The topological polar surface area (TPSA) is 94.1 Å². The van der Waals surface area contributed by atoms with E-state index in [0.29, 0.717) is 11.6 Å². The van der Waals surface area contributed by atoms with Gasteiger partial charge in [-0.2, -0.15) is 4.98 Å². The minimum Gasteiger partial charge on any atom is -0.459 e. The summed E-state index contributed by atoms with van der Waals surface area (Å²) in [5.41, 5.74) is 0.286. The summed E-state index contributed by atoms with van der Waals surface area (Å²) in [7, 11) is 0. The van der Waals surface area contributed by atoms with Crippen molar-refractivity contribution in [3.05, 3.63) is 53.3 Å². The minimum absolute atomic E-state index is 0.105. The van der Waals surface area contributed by atoms with Crippen LogP contribution >= 0.6 is 11.6 Å². The Balaban J connectivity index is 1.66. The van der Waals surface area contributed by atoms with E-state index in [1.165, 1.54) is 12.5 Å². The molecule has 0 aliphatic heterocycles. The molecule has 0 unspecified atom stereocenters. The standard InChI is InChI=1S/C13H9ClN4O3/c14-11-8(3-1-5-15-11)12(19)16-7-10-17-13(21-18-10)9-4-2-6-20-9/h1-6H,7H2,(H,16,19). The van der Waals surface area contributed by atoms with E-state index in [-0.39, 0.29) is 29.1 Å². The number of halogens is 1. The molecule has 1 N–H and O–H groups in total. The van der Waals surface area contributed by atoms with Gasteiger partial charge in [0, 0.05) is 6.20 Å². The van der Waals surface area contributed by atoms with Gasteiger partial charge in [-0.3, -0.25) is 4.79 Å². The predicted octanol–water partition coefficient (Wildman–Crippen LogP) is 2.31. The fourth-order valence-corrected chi connectivity index (χ4v) is 1.84. The molecule has 0 aliphatic carbocycles. The maximum Gasteiger partial charge on any atom is 0.293 e. The highest BCUT2D eigenvalue weighted by Crippen LogP contribution is 2.17. The second kappa shape index (κ2) is 5.76. The lowest BCUT2D eigenvalue weighted by molar-refractivity contribution is 0.0949. The molecule has 0 saturated carbocycles. The summed E-state index contributed by atoms with van der Waals surface area (Å²) >= 11 is 5.84. The van der Waals surface area contributed by atoms with Crippen molar-refractivity contribution in [2.24, 2.45) is 0 Å². The minimum atomic E-state index is -0.363. The molecular weight excluding hydrogens is 296 g/mol. The van der Waals surface area contributed by atoms with Crippen LogP contribution in [-0.4, -0.2) is 21.0 Å². The third kappa shape index (κ3) is 2.92.